The maximum Gasteiger partial charge on any atom is 0.305 e. The Hall–Kier alpha value is -1.85. The normalized spacial score (nSPS) is 12.3. The molecule has 6 nitrogen and oxygen atoms in total. The van der Waals surface area contributed by atoms with Gasteiger partial charge in [-0.05, 0) is 40.5 Å². The summed E-state index contributed by atoms with van der Waals surface area (Å²) in [6, 6.07) is 0. The third-order valence-corrected chi connectivity index (χ3v) is 4.11. The number of aromatic nitrogens is 2. The number of hydrogen-bond donors (Lipinski definition) is 2. The number of carbonyl (C=O) groups excluding carboxylic acids is 1. The lowest BCUT2D eigenvalue weighted by molar-refractivity contribution is -0.138. The van der Waals surface area contributed by atoms with Gasteiger partial charge in [0.1, 0.15) is 0 Å². The molecule has 1 aromatic heterocycles. The molecular formula is C16H27N3O3. The van der Waals surface area contributed by atoms with Crippen LogP contribution in [0.5, 0.6) is 0 Å². The van der Waals surface area contributed by atoms with E-state index in [1.807, 2.05) is 41.5 Å². The largest absolute Gasteiger partial charge is 0.481 e. The first-order chi connectivity index (χ1) is 10.1. The van der Waals surface area contributed by atoms with Crippen molar-refractivity contribution in [2.45, 2.75) is 71.9 Å². The summed E-state index contributed by atoms with van der Waals surface area (Å²) >= 11 is 0. The van der Waals surface area contributed by atoms with Gasteiger partial charge >= 0.3 is 5.97 Å². The van der Waals surface area contributed by atoms with Crippen LogP contribution in [0.4, 0.5) is 0 Å². The zero-order chi connectivity index (χ0) is 17.1. The summed E-state index contributed by atoms with van der Waals surface area (Å²) in [6.45, 7) is 11.7. The van der Waals surface area contributed by atoms with Gasteiger partial charge in [-0.15, -0.1) is 0 Å². The zero-order valence-electron chi connectivity index (χ0n) is 14.4. The summed E-state index contributed by atoms with van der Waals surface area (Å²) in [6.07, 6.45) is 2.59. The van der Waals surface area contributed by atoms with E-state index in [1.54, 1.807) is 10.9 Å². The Morgan fingerprint density at radius 2 is 1.82 bits per heavy atom. The van der Waals surface area contributed by atoms with Gasteiger partial charge in [0.05, 0.1) is 29.3 Å². The van der Waals surface area contributed by atoms with Crippen LogP contribution in [-0.2, 0) is 10.3 Å². The Labute approximate surface area is 131 Å². The van der Waals surface area contributed by atoms with E-state index >= 15 is 0 Å². The van der Waals surface area contributed by atoms with Gasteiger partial charge in [-0.25, -0.2) is 0 Å². The van der Waals surface area contributed by atoms with E-state index in [9.17, 15) is 9.59 Å². The molecule has 1 aromatic rings. The van der Waals surface area contributed by atoms with Crippen LogP contribution in [0, 0.1) is 6.92 Å². The molecule has 6 heteroatoms. The molecule has 0 aliphatic heterocycles. The maximum atomic E-state index is 12.6. The molecule has 0 bridgehead atoms. The van der Waals surface area contributed by atoms with E-state index in [-0.39, 0.29) is 17.9 Å². The van der Waals surface area contributed by atoms with Gasteiger partial charge in [-0.3, -0.25) is 14.3 Å². The quantitative estimate of drug-likeness (QED) is 0.846. The van der Waals surface area contributed by atoms with E-state index in [2.05, 4.69) is 10.4 Å². The van der Waals surface area contributed by atoms with Gasteiger partial charge in [0, 0.05) is 5.69 Å². The Kier molecular flexibility index (Phi) is 5.38. The van der Waals surface area contributed by atoms with Crippen molar-refractivity contribution in [1.29, 1.82) is 0 Å². The Bertz CT molecular complexity index is 551. The minimum absolute atomic E-state index is 0.0851. The van der Waals surface area contributed by atoms with Gasteiger partial charge in [0.2, 0.25) is 0 Å². The number of nitrogens with zero attached hydrogens (tertiary/aromatic N) is 2. The minimum atomic E-state index is -0.911. The van der Waals surface area contributed by atoms with E-state index < -0.39 is 11.5 Å². The molecule has 0 aliphatic carbocycles. The van der Waals surface area contributed by atoms with Crippen LogP contribution in [0.3, 0.4) is 0 Å². The molecule has 0 radical (unpaired) electrons. The standard InChI is InChI=1S/C16H27N3O3/c1-7-16(8-2,9-13(20)21)18-14(22)12-10-17-19(11(12)3)15(4,5)6/h10H,7-9H2,1-6H3,(H,18,22)(H,20,21). The number of rotatable bonds is 6. The third kappa shape index (κ3) is 3.87. The maximum absolute atomic E-state index is 12.6. The molecule has 0 spiro atoms. The van der Waals surface area contributed by atoms with E-state index in [0.29, 0.717) is 18.4 Å². The van der Waals surface area contributed by atoms with Crippen molar-refractivity contribution in [1.82, 2.24) is 15.1 Å². The molecule has 0 aromatic carbocycles. The molecule has 0 saturated heterocycles. The average molecular weight is 309 g/mol. The number of aliphatic carboxylic acids is 1. The van der Waals surface area contributed by atoms with Gasteiger partial charge in [-0.1, -0.05) is 13.8 Å². The number of nitrogens with one attached hydrogen (secondary N) is 1. The van der Waals surface area contributed by atoms with Crippen molar-refractivity contribution in [2.24, 2.45) is 0 Å². The molecule has 0 fully saturated rings. The van der Waals surface area contributed by atoms with Crippen molar-refractivity contribution >= 4 is 11.9 Å². The second-order valence-electron chi connectivity index (χ2n) is 6.74. The summed E-state index contributed by atoms with van der Waals surface area (Å²) in [4.78, 5) is 23.6. The highest BCUT2D eigenvalue weighted by Gasteiger charge is 2.32. The van der Waals surface area contributed by atoms with Crippen LogP contribution in [0.1, 0.15) is 69.9 Å². The molecule has 2 N–H and O–H groups in total. The topological polar surface area (TPSA) is 84.2 Å². The summed E-state index contributed by atoms with van der Waals surface area (Å²) in [5, 5.41) is 16.3. The molecule has 1 amide bonds. The summed E-state index contributed by atoms with van der Waals surface area (Å²) in [7, 11) is 0. The first-order valence-electron chi connectivity index (χ1n) is 7.65. The highest BCUT2D eigenvalue weighted by atomic mass is 16.4. The smallest absolute Gasteiger partial charge is 0.305 e. The molecule has 124 valence electrons. The van der Waals surface area contributed by atoms with Gasteiger partial charge in [-0.2, -0.15) is 5.10 Å². The molecule has 22 heavy (non-hydrogen) atoms. The predicted molar refractivity (Wildman–Crippen MR) is 85.0 cm³/mol. The van der Waals surface area contributed by atoms with Crippen molar-refractivity contribution in [3.8, 4) is 0 Å². The molecule has 0 unspecified atom stereocenters. The lowest BCUT2D eigenvalue weighted by Crippen LogP contribution is -2.49. The third-order valence-electron chi connectivity index (χ3n) is 4.11. The molecule has 0 saturated carbocycles. The lowest BCUT2D eigenvalue weighted by Gasteiger charge is -2.31. The Morgan fingerprint density at radius 1 is 1.27 bits per heavy atom. The van der Waals surface area contributed by atoms with Gasteiger partial charge in [0.25, 0.3) is 5.91 Å². The molecule has 1 rings (SSSR count). The van der Waals surface area contributed by atoms with Crippen molar-refractivity contribution in [3.05, 3.63) is 17.5 Å². The van der Waals surface area contributed by atoms with Crippen LogP contribution >= 0.6 is 0 Å². The van der Waals surface area contributed by atoms with Crippen molar-refractivity contribution in [3.63, 3.8) is 0 Å². The number of hydrogen-bond acceptors (Lipinski definition) is 3. The minimum Gasteiger partial charge on any atom is -0.481 e. The van der Waals surface area contributed by atoms with Crippen LogP contribution < -0.4 is 5.32 Å². The molecule has 0 aliphatic rings. The zero-order valence-corrected chi connectivity index (χ0v) is 14.4. The molecular weight excluding hydrogens is 282 g/mol. The summed E-state index contributed by atoms with van der Waals surface area (Å²) in [5.74, 6) is -1.18. The fourth-order valence-electron chi connectivity index (χ4n) is 2.63. The fraction of sp³-hybridized carbons (Fsp3) is 0.688. The van der Waals surface area contributed by atoms with Crippen LogP contribution in [0.25, 0.3) is 0 Å². The summed E-state index contributed by atoms with van der Waals surface area (Å²) in [5.41, 5.74) is 0.336. The first-order valence-corrected chi connectivity index (χ1v) is 7.65. The van der Waals surface area contributed by atoms with Crippen LogP contribution in [-0.4, -0.2) is 32.3 Å². The first kappa shape index (κ1) is 18.2. The Morgan fingerprint density at radius 3 is 2.18 bits per heavy atom. The lowest BCUT2D eigenvalue weighted by atomic mass is 9.88. The summed E-state index contributed by atoms with van der Waals surface area (Å²) < 4.78 is 1.80. The monoisotopic (exact) mass is 309 g/mol. The van der Waals surface area contributed by atoms with Crippen molar-refractivity contribution < 1.29 is 14.7 Å². The number of amides is 1. The SMILES string of the molecule is CCC(CC)(CC(=O)O)NC(=O)c1cnn(C(C)(C)C)c1C. The highest BCUT2D eigenvalue weighted by Crippen LogP contribution is 2.23. The van der Waals surface area contributed by atoms with Crippen LogP contribution in [0.15, 0.2) is 6.20 Å². The molecule has 0 atom stereocenters. The number of carbonyl (C=O) groups is 2. The van der Waals surface area contributed by atoms with Crippen molar-refractivity contribution in [2.75, 3.05) is 0 Å². The van der Waals surface area contributed by atoms with Gasteiger partial charge < -0.3 is 10.4 Å². The second-order valence-corrected chi connectivity index (χ2v) is 6.74. The average Bonchev–Trinajstić information content (AvgIpc) is 2.79. The van der Waals surface area contributed by atoms with Gasteiger partial charge in [0.15, 0.2) is 0 Å². The second kappa shape index (κ2) is 6.50. The van der Waals surface area contributed by atoms with E-state index in [0.717, 1.165) is 5.69 Å². The Balaban J connectivity index is 3.06. The van der Waals surface area contributed by atoms with Crippen LogP contribution in [0.2, 0.25) is 0 Å². The van der Waals surface area contributed by atoms with E-state index in [4.69, 9.17) is 5.11 Å². The number of carboxylic acids is 1. The molecule has 1 heterocycles. The van der Waals surface area contributed by atoms with E-state index in [1.165, 1.54) is 0 Å². The fourth-order valence-corrected chi connectivity index (χ4v) is 2.63. The predicted octanol–water partition coefficient (Wildman–Crippen LogP) is 2.71. The highest BCUT2D eigenvalue weighted by molar-refractivity contribution is 5.95. The number of carboxylic acid groups (broad SMARTS) is 1.